The molecule has 3 rings (SSSR count). The van der Waals surface area contributed by atoms with E-state index < -0.39 is 22.9 Å². The van der Waals surface area contributed by atoms with Gasteiger partial charge in [0.25, 0.3) is 17.1 Å². The molecule has 10 heteroatoms. The van der Waals surface area contributed by atoms with Crippen LogP contribution in [0.4, 0.5) is 9.18 Å². The van der Waals surface area contributed by atoms with Gasteiger partial charge in [0.1, 0.15) is 5.82 Å². The van der Waals surface area contributed by atoms with E-state index in [1.165, 1.54) is 57.7 Å². The first-order valence-electron chi connectivity index (χ1n) is 9.47. The van der Waals surface area contributed by atoms with Gasteiger partial charge in [-0.15, -0.1) is 0 Å². The normalized spacial score (nSPS) is 14.6. The van der Waals surface area contributed by atoms with E-state index in [4.69, 9.17) is 14.2 Å². The fraction of sp³-hybridized carbons (Fsp3) is 0.227. The maximum Gasteiger partial charge on any atom is 0.293 e. The number of nitrogens with zero attached hydrogens (tertiary/aromatic N) is 1. The molecule has 0 aliphatic carbocycles. The number of halogens is 1. The van der Waals surface area contributed by atoms with E-state index in [1.807, 2.05) is 0 Å². The Hall–Kier alpha value is -3.53. The van der Waals surface area contributed by atoms with Gasteiger partial charge in [-0.1, -0.05) is 12.1 Å². The number of imide groups is 1. The quantitative estimate of drug-likeness (QED) is 0.604. The largest absolute Gasteiger partial charge is 0.493 e. The summed E-state index contributed by atoms with van der Waals surface area (Å²) < 4.78 is 28.8. The van der Waals surface area contributed by atoms with E-state index in [2.05, 4.69) is 5.32 Å². The summed E-state index contributed by atoms with van der Waals surface area (Å²) in [6.07, 6.45) is 1.53. The first-order chi connectivity index (χ1) is 15.4. The zero-order valence-electron chi connectivity index (χ0n) is 17.6. The third-order valence-corrected chi connectivity index (χ3v) is 5.52. The van der Waals surface area contributed by atoms with E-state index in [0.29, 0.717) is 11.3 Å². The maximum atomic E-state index is 13.0. The molecule has 2 aromatic rings. The summed E-state index contributed by atoms with van der Waals surface area (Å²) in [7, 11) is 4.31. The van der Waals surface area contributed by atoms with Crippen LogP contribution in [0.5, 0.6) is 17.2 Å². The molecule has 0 aromatic heterocycles. The van der Waals surface area contributed by atoms with Gasteiger partial charge < -0.3 is 19.5 Å². The van der Waals surface area contributed by atoms with Crippen LogP contribution in [0.1, 0.15) is 15.9 Å². The van der Waals surface area contributed by atoms with E-state index in [1.54, 1.807) is 6.07 Å². The van der Waals surface area contributed by atoms with E-state index in [-0.39, 0.29) is 35.1 Å². The number of carbonyl (C=O) groups is 3. The predicted molar refractivity (Wildman–Crippen MR) is 118 cm³/mol. The highest BCUT2D eigenvalue weighted by atomic mass is 32.2. The van der Waals surface area contributed by atoms with Crippen molar-refractivity contribution in [2.75, 3.05) is 34.4 Å². The van der Waals surface area contributed by atoms with Crippen molar-refractivity contribution in [3.8, 4) is 17.2 Å². The molecular weight excluding hydrogens is 439 g/mol. The fourth-order valence-corrected chi connectivity index (χ4v) is 3.92. The number of methoxy groups -OCH3 is 3. The Morgan fingerprint density at radius 3 is 2.34 bits per heavy atom. The Morgan fingerprint density at radius 1 is 1.03 bits per heavy atom. The molecule has 0 saturated carbocycles. The molecule has 0 radical (unpaired) electrons. The molecule has 1 saturated heterocycles. The third-order valence-electron chi connectivity index (χ3n) is 4.61. The number of ether oxygens (including phenoxy) is 3. The fourth-order valence-electron chi connectivity index (χ4n) is 3.06. The highest BCUT2D eigenvalue weighted by Gasteiger charge is 2.34. The van der Waals surface area contributed by atoms with Crippen LogP contribution in [0, 0.1) is 5.82 Å². The number of hydrogen-bond acceptors (Lipinski definition) is 7. The summed E-state index contributed by atoms with van der Waals surface area (Å²) in [5.41, 5.74) is 0.821. The standard InChI is InChI=1S/C22H21FN2O6S/c1-29-16-9-8-15(18(30-2)19(16)31-3)20(26)24-10-11-25-21(27)17(32-22(25)28)12-13-4-6-14(23)7-5-13/h4-9,12H,10-11H2,1-3H3,(H,24,26)/b17-12+. The Bertz CT molecular complexity index is 1070. The van der Waals surface area contributed by atoms with Crippen molar-refractivity contribution in [2.45, 2.75) is 0 Å². The van der Waals surface area contributed by atoms with Crippen LogP contribution in [0.2, 0.25) is 0 Å². The second-order valence-corrected chi connectivity index (χ2v) is 7.52. The summed E-state index contributed by atoms with van der Waals surface area (Å²) in [6.45, 7) is 0.0327. The Morgan fingerprint density at radius 2 is 1.72 bits per heavy atom. The molecule has 3 amide bonds. The lowest BCUT2D eigenvalue weighted by molar-refractivity contribution is -0.122. The summed E-state index contributed by atoms with van der Waals surface area (Å²) in [6, 6.07) is 8.68. The Balaban J connectivity index is 1.65. The number of nitrogens with one attached hydrogen (secondary N) is 1. The summed E-state index contributed by atoms with van der Waals surface area (Å²) >= 11 is 0.793. The predicted octanol–water partition coefficient (Wildman–Crippen LogP) is 3.32. The van der Waals surface area contributed by atoms with Gasteiger partial charge >= 0.3 is 0 Å². The third kappa shape index (κ3) is 4.86. The number of rotatable bonds is 8. The lowest BCUT2D eigenvalue weighted by atomic mass is 10.1. The van der Waals surface area contributed by atoms with Gasteiger partial charge in [-0.25, -0.2) is 4.39 Å². The van der Waals surface area contributed by atoms with Crippen molar-refractivity contribution < 1.29 is 33.0 Å². The van der Waals surface area contributed by atoms with E-state index in [0.717, 1.165) is 16.7 Å². The molecule has 32 heavy (non-hydrogen) atoms. The molecule has 0 unspecified atom stereocenters. The van der Waals surface area contributed by atoms with Crippen LogP contribution in [0.3, 0.4) is 0 Å². The molecule has 8 nitrogen and oxygen atoms in total. The zero-order chi connectivity index (χ0) is 23.3. The topological polar surface area (TPSA) is 94.2 Å². The molecule has 1 fully saturated rings. The van der Waals surface area contributed by atoms with Crippen molar-refractivity contribution in [3.05, 3.63) is 58.2 Å². The average molecular weight is 460 g/mol. The number of benzene rings is 2. The average Bonchev–Trinajstić information content (AvgIpc) is 3.06. The Labute approximate surface area is 188 Å². The van der Waals surface area contributed by atoms with Gasteiger partial charge in [0.2, 0.25) is 5.75 Å². The van der Waals surface area contributed by atoms with Crippen LogP contribution in [0.15, 0.2) is 41.3 Å². The number of carbonyl (C=O) groups excluding carboxylic acids is 3. The van der Waals surface area contributed by atoms with Crippen LogP contribution < -0.4 is 19.5 Å². The minimum Gasteiger partial charge on any atom is -0.493 e. The summed E-state index contributed by atoms with van der Waals surface area (Å²) in [4.78, 5) is 38.7. The number of thioether (sulfide) groups is 1. The highest BCUT2D eigenvalue weighted by molar-refractivity contribution is 8.18. The van der Waals surface area contributed by atoms with Crippen molar-refractivity contribution in [2.24, 2.45) is 0 Å². The first kappa shape index (κ1) is 23.1. The van der Waals surface area contributed by atoms with Gasteiger partial charge in [-0.3, -0.25) is 19.3 Å². The number of amides is 3. The van der Waals surface area contributed by atoms with Crippen LogP contribution in [-0.2, 0) is 4.79 Å². The Kier molecular flexibility index (Phi) is 7.37. The van der Waals surface area contributed by atoms with Crippen LogP contribution >= 0.6 is 11.8 Å². The second-order valence-electron chi connectivity index (χ2n) is 6.52. The summed E-state index contributed by atoms with van der Waals surface area (Å²) in [5.74, 6) is -0.431. The van der Waals surface area contributed by atoms with Gasteiger partial charge in [-0.05, 0) is 47.7 Å². The van der Waals surface area contributed by atoms with Crippen molar-refractivity contribution in [1.82, 2.24) is 10.2 Å². The molecule has 0 atom stereocenters. The van der Waals surface area contributed by atoms with E-state index in [9.17, 15) is 18.8 Å². The molecular formula is C22H21FN2O6S. The van der Waals surface area contributed by atoms with Crippen LogP contribution in [-0.4, -0.2) is 56.4 Å². The molecule has 2 aromatic carbocycles. The number of hydrogen-bond donors (Lipinski definition) is 1. The van der Waals surface area contributed by atoms with Gasteiger partial charge in [0.05, 0.1) is 31.8 Å². The second kappa shape index (κ2) is 10.2. The van der Waals surface area contributed by atoms with Gasteiger partial charge in [-0.2, -0.15) is 0 Å². The molecule has 1 aliphatic rings. The minimum absolute atomic E-state index is 0.00717. The SMILES string of the molecule is COc1ccc(C(=O)NCCN2C(=O)S/C(=C/c3ccc(F)cc3)C2=O)c(OC)c1OC. The van der Waals surface area contributed by atoms with Gasteiger partial charge in [0, 0.05) is 13.1 Å². The van der Waals surface area contributed by atoms with E-state index >= 15 is 0 Å². The summed E-state index contributed by atoms with van der Waals surface area (Å²) in [5, 5.41) is 2.23. The molecule has 1 aliphatic heterocycles. The van der Waals surface area contributed by atoms with Gasteiger partial charge in [0.15, 0.2) is 11.5 Å². The monoisotopic (exact) mass is 460 g/mol. The molecule has 0 bridgehead atoms. The zero-order valence-corrected chi connectivity index (χ0v) is 18.5. The lowest BCUT2D eigenvalue weighted by Crippen LogP contribution is -2.37. The molecule has 0 spiro atoms. The first-order valence-corrected chi connectivity index (χ1v) is 10.3. The molecule has 168 valence electrons. The maximum absolute atomic E-state index is 13.0. The molecule has 1 N–H and O–H groups in total. The lowest BCUT2D eigenvalue weighted by Gasteiger charge is -2.16. The smallest absolute Gasteiger partial charge is 0.293 e. The highest BCUT2D eigenvalue weighted by Crippen LogP contribution is 2.39. The van der Waals surface area contributed by atoms with Crippen molar-refractivity contribution in [1.29, 1.82) is 0 Å². The van der Waals surface area contributed by atoms with Crippen molar-refractivity contribution in [3.63, 3.8) is 0 Å². The van der Waals surface area contributed by atoms with Crippen molar-refractivity contribution >= 4 is 34.9 Å². The molecule has 1 heterocycles. The minimum atomic E-state index is -0.470. The van der Waals surface area contributed by atoms with Crippen LogP contribution in [0.25, 0.3) is 6.08 Å².